The molecule has 1 aliphatic rings. The van der Waals surface area contributed by atoms with Gasteiger partial charge in [0.15, 0.2) is 0 Å². The van der Waals surface area contributed by atoms with Gasteiger partial charge >= 0.3 is 0 Å². The van der Waals surface area contributed by atoms with E-state index in [1.807, 2.05) is 6.92 Å². The van der Waals surface area contributed by atoms with Crippen LogP contribution in [0.5, 0.6) is 0 Å². The molecule has 0 bridgehead atoms. The highest BCUT2D eigenvalue weighted by molar-refractivity contribution is 6.30. The van der Waals surface area contributed by atoms with Crippen LogP contribution in [0.1, 0.15) is 38.2 Å². The summed E-state index contributed by atoms with van der Waals surface area (Å²) in [5.41, 5.74) is 0.925. The minimum atomic E-state index is 0.456. The average Bonchev–Trinajstić information content (AvgIpc) is 3.10. The van der Waals surface area contributed by atoms with Crippen molar-refractivity contribution < 1.29 is 0 Å². The van der Waals surface area contributed by atoms with Crippen LogP contribution in [0.4, 0.5) is 5.82 Å². The maximum Gasteiger partial charge on any atom is 0.255 e. The van der Waals surface area contributed by atoms with Crippen molar-refractivity contribution in [2.75, 3.05) is 5.32 Å². The molecular weight excluding hydrogens is 262 g/mol. The summed E-state index contributed by atoms with van der Waals surface area (Å²) >= 11 is 6.16. The van der Waals surface area contributed by atoms with Gasteiger partial charge in [-0.15, -0.1) is 0 Å². The number of fused-ring (bicyclic) bond motifs is 1. The molecule has 19 heavy (non-hydrogen) atoms. The summed E-state index contributed by atoms with van der Waals surface area (Å²) in [5.74, 6) is 2.35. The molecule has 2 aromatic rings. The van der Waals surface area contributed by atoms with Crippen LogP contribution in [0.2, 0.25) is 5.15 Å². The number of aromatic nitrogens is 4. The third-order valence-corrected chi connectivity index (χ3v) is 4.12. The second-order valence-electron chi connectivity index (χ2n) is 5.28. The van der Waals surface area contributed by atoms with Crippen molar-refractivity contribution in [3.63, 3.8) is 0 Å². The third kappa shape index (κ3) is 2.52. The van der Waals surface area contributed by atoms with E-state index in [2.05, 4.69) is 27.3 Å². The van der Waals surface area contributed by atoms with Crippen LogP contribution in [0.25, 0.3) is 5.78 Å². The Kier molecular flexibility index (Phi) is 3.31. The highest BCUT2D eigenvalue weighted by Crippen LogP contribution is 2.35. The Morgan fingerprint density at radius 2 is 2.32 bits per heavy atom. The van der Waals surface area contributed by atoms with Crippen molar-refractivity contribution in [2.45, 2.75) is 45.6 Å². The Morgan fingerprint density at radius 1 is 1.53 bits per heavy atom. The molecule has 6 heteroatoms. The zero-order valence-corrected chi connectivity index (χ0v) is 12.0. The van der Waals surface area contributed by atoms with Crippen LogP contribution in [-0.4, -0.2) is 25.6 Å². The van der Waals surface area contributed by atoms with Gasteiger partial charge in [-0.3, -0.25) is 0 Å². The Labute approximate surface area is 117 Å². The van der Waals surface area contributed by atoms with Crippen molar-refractivity contribution in [3.05, 3.63) is 17.0 Å². The maximum absolute atomic E-state index is 6.16. The predicted octanol–water partition coefficient (Wildman–Crippen LogP) is 3.08. The van der Waals surface area contributed by atoms with Crippen LogP contribution in [-0.2, 0) is 0 Å². The predicted molar refractivity (Wildman–Crippen MR) is 75.6 cm³/mol. The second kappa shape index (κ2) is 4.96. The van der Waals surface area contributed by atoms with Crippen molar-refractivity contribution in [1.29, 1.82) is 0 Å². The van der Waals surface area contributed by atoms with Gasteiger partial charge in [0, 0.05) is 11.6 Å². The van der Waals surface area contributed by atoms with Gasteiger partial charge in [0.2, 0.25) is 0 Å². The lowest BCUT2D eigenvalue weighted by Crippen LogP contribution is -2.22. The molecule has 0 aromatic carbocycles. The van der Waals surface area contributed by atoms with Crippen molar-refractivity contribution in [1.82, 2.24) is 19.6 Å². The maximum atomic E-state index is 6.16. The Morgan fingerprint density at radius 3 is 3.00 bits per heavy atom. The van der Waals surface area contributed by atoms with Crippen LogP contribution >= 0.6 is 11.6 Å². The summed E-state index contributed by atoms with van der Waals surface area (Å²) < 4.78 is 1.73. The molecule has 1 unspecified atom stereocenters. The number of hydrogen-bond donors (Lipinski definition) is 1. The number of halogens is 1. The summed E-state index contributed by atoms with van der Waals surface area (Å²) in [6, 6.07) is 0.456. The number of nitrogens with one attached hydrogen (secondary N) is 1. The van der Waals surface area contributed by atoms with Gasteiger partial charge in [0.25, 0.3) is 5.78 Å². The summed E-state index contributed by atoms with van der Waals surface area (Å²) in [6.45, 7) is 4.17. The SMILES string of the molecule is CCC(CC1CC1)Nc1c(C)c(Cl)nc2ncnn12. The van der Waals surface area contributed by atoms with E-state index in [9.17, 15) is 0 Å². The number of rotatable bonds is 5. The highest BCUT2D eigenvalue weighted by Gasteiger charge is 2.25. The minimum Gasteiger partial charge on any atom is -0.367 e. The first-order chi connectivity index (χ1) is 9.19. The lowest BCUT2D eigenvalue weighted by molar-refractivity contribution is 0.582. The molecule has 1 N–H and O–H groups in total. The fourth-order valence-corrected chi connectivity index (χ4v) is 2.51. The molecule has 0 aliphatic heterocycles. The Balaban J connectivity index is 1.93. The van der Waals surface area contributed by atoms with E-state index in [-0.39, 0.29) is 0 Å². The van der Waals surface area contributed by atoms with Crippen LogP contribution in [0.3, 0.4) is 0 Å². The lowest BCUT2D eigenvalue weighted by atomic mass is 10.1. The Hall–Kier alpha value is -1.36. The van der Waals surface area contributed by atoms with E-state index in [0.29, 0.717) is 17.0 Å². The Bertz CT molecular complexity index is 590. The molecule has 0 saturated heterocycles. The molecular formula is C13H18ClN5. The van der Waals surface area contributed by atoms with Gasteiger partial charge in [-0.05, 0) is 25.7 Å². The van der Waals surface area contributed by atoms with Crippen LogP contribution in [0, 0.1) is 12.8 Å². The fourth-order valence-electron chi connectivity index (χ4n) is 2.34. The van der Waals surface area contributed by atoms with E-state index in [0.717, 1.165) is 23.7 Å². The second-order valence-corrected chi connectivity index (χ2v) is 5.63. The largest absolute Gasteiger partial charge is 0.367 e. The van der Waals surface area contributed by atoms with Crippen LogP contribution in [0.15, 0.2) is 6.33 Å². The molecule has 2 heterocycles. The molecule has 1 atom stereocenters. The quantitative estimate of drug-likeness (QED) is 0.855. The zero-order chi connectivity index (χ0) is 13.4. The lowest BCUT2D eigenvalue weighted by Gasteiger charge is -2.20. The fraction of sp³-hybridized carbons (Fsp3) is 0.615. The van der Waals surface area contributed by atoms with Crippen molar-refractivity contribution in [3.8, 4) is 0 Å². The van der Waals surface area contributed by atoms with E-state index in [4.69, 9.17) is 11.6 Å². The van der Waals surface area contributed by atoms with Crippen molar-refractivity contribution >= 4 is 23.2 Å². The highest BCUT2D eigenvalue weighted by atomic mass is 35.5. The topological polar surface area (TPSA) is 55.1 Å². The first-order valence-corrected chi connectivity index (χ1v) is 7.19. The zero-order valence-electron chi connectivity index (χ0n) is 11.2. The molecule has 1 saturated carbocycles. The number of hydrogen-bond acceptors (Lipinski definition) is 4. The molecule has 0 spiro atoms. The smallest absolute Gasteiger partial charge is 0.255 e. The third-order valence-electron chi connectivity index (χ3n) is 3.75. The first-order valence-electron chi connectivity index (χ1n) is 6.81. The van der Waals surface area contributed by atoms with Crippen molar-refractivity contribution in [2.24, 2.45) is 5.92 Å². The molecule has 0 amide bonds. The van der Waals surface area contributed by atoms with Gasteiger partial charge in [0.1, 0.15) is 17.3 Å². The van der Waals surface area contributed by atoms with E-state index in [1.165, 1.54) is 25.6 Å². The summed E-state index contributed by atoms with van der Waals surface area (Å²) in [6.07, 6.45) is 6.54. The average molecular weight is 280 g/mol. The molecule has 2 aromatic heterocycles. The summed E-state index contributed by atoms with van der Waals surface area (Å²) in [5, 5.41) is 8.29. The number of anilines is 1. The monoisotopic (exact) mass is 279 g/mol. The molecule has 3 rings (SSSR count). The molecule has 1 aliphatic carbocycles. The molecule has 102 valence electrons. The molecule has 5 nitrogen and oxygen atoms in total. The van der Waals surface area contributed by atoms with E-state index in [1.54, 1.807) is 4.52 Å². The van der Waals surface area contributed by atoms with Gasteiger partial charge in [-0.25, -0.2) is 0 Å². The van der Waals surface area contributed by atoms with Gasteiger partial charge < -0.3 is 5.32 Å². The summed E-state index contributed by atoms with van der Waals surface area (Å²) in [4.78, 5) is 8.32. The molecule has 1 fully saturated rings. The van der Waals surface area contributed by atoms with Gasteiger partial charge in [-0.1, -0.05) is 31.4 Å². The van der Waals surface area contributed by atoms with Gasteiger partial charge in [0.05, 0.1) is 0 Å². The van der Waals surface area contributed by atoms with Crippen LogP contribution < -0.4 is 5.32 Å². The standard InChI is InChI=1S/C13H18ClN5/c1-3-10(6-9-4-5-9)17-12-8(2)11(14)18-13-15-7-16-19(12)13/h7,9-10,17H,3-6H2,1-2H3. The van der Waals surface area contributed by atoms with E-state index < -0.39 is 0 Å². The minimum absolute atomic E-state index is 0.456. The van der Waals surface area contributed by atoms with E-state index >= 15 is 0 Å². The van der Waals surface area contributed by atoms with Gasteiger partial charge in [-0.2, -0.15) is 19.6 Å². The molecule has 0 radical (unpaired) electrons. The summed E-state index contributed by atoms with van der Waals surface area (Å²) in [7, 11) is 0. The first kappa shape index (κ1) is 12.7. The number of nitrogens with zero attached hydrogens (tertiary/aromatic N) is 4. The normalized spacial score (nSPS) is 16.8.